The first kappa shape index (κ1) is 22.3. The Labute approximate surface area is 171 Å². The summed E-state index contributed by atoms with van der Waals surface area (Å²) < 4.78 is 62.1. The van der Waals surface area contributed by atoms with Gasteiger partial charge in [-0.15, -0.1) is 0 Å². The molecule has 0 atom stereocenters. The predicted molar refractivity (Wildman–Crippen MR) is 83.4 cm³/mol. The summed E-state index contributed by atoms with van der Waals surface area (Å²) in [5, 5.41) is 0. The first-order chi connectivity index (χ1) is 10.00. The zero-order valence-electron chi connectivity index (χ0n) is 11.7. The Morgan fingerprint density at radius 1 is 0.609 bits per heavy atom. The molecule has 0 spiro atoms. The van der Waals surface area contributed by atoms with Gasteiger partial charge in [-0.3, -0.25) is 0 Å². The van der Waals surface area contributed by atoms with Gasteiger partial charge >= 0.3 is 45.5 Å². The topological polar surface area (TPSA) is 166 Å². The smallest absolute Gasteiger partial charge is 0.744 e. The van der Waals surface area contributed by atoms with Crippen LogP contribution in [0.15, 0.2) is 58.3 Å². The van der Waals surface area contributed by atoms with Crippen LogP contribution in [0.25, 0.3) is 0 Å². The number of hydrogen-bond donors (Lipinski definition) is 2. The van der Waals surface area contributed by atoms with Crippen LogP contribution in [0.2, 0.25) is 0 Å². The first-order valence-corrected chi connectivity index (χ1v) is 8.44. The molecule has 2 aromatic rings. The summed E-state index contributed by atoms with van der Waals surface area (Å²) >= 11 is 0. The molecule has 0 saturated heterocycles. The van der Waals surface area contributed by atoms with E-state index < -0.39 is 20.2 Å². The van der Waals surface area contributed by atoms with E-state index in [1.165, 1.54) is 48.5 Å². The molecule has 2 rings (SSSR count). The fourth-order valence-electron chi connectivity index (χ4n) is 1.27. The maximum atomic E-state index is 10.3. The summed E-state index contributed by atoms with van der Waals surface area (Å²) in [6.45, 7) is 0. The minimum absolute atomic E-state index is 0. The molecule has 120 valence electrons. The Hall–Kier alpha value is -0.659. The van der Waals surface area contributed by atoms with Crippen molar-refractivity contribution in [1.29, 1.82) is 0 Å². The Balaban J connectivity index is 0.000000403. The van der Waals surface area contributed by atoms with Crippen LogP contribution >= 0.6 is 0 Å². The Kier molecular flexibility index (Phi) is 8.73. The second-order valence-electron chi connectivity index (χ2n) is 4.05. The van der Waals surface area contributed by atoms with Crippen molar-refractivity contribution in [3.8, 4) is 0 Å². The molecule has 0 radical (unpaired) electrons. The predicted octanol–water partition coefficient (Wildman–Crippen LogP) is -0.0350. The Morgan fingerprint density at radius 2 is 0.826 bits per heavy atom. The van der Waals surface area contributed by atoms with Crippen LogP contribution in [0.4, 0.5) is 11.4 Å². The zero-order valence-corrected chi connectivity index (χ0v) is 16.9. The fraction of sp³-hybridized carbons (Fsp3) is 0. The number of nitrogen functional groups attached to an aromatic ring is 2. The molecule has 0 aliphatic carbocycles. The van der Waals surface area contributed by atoms with Crippen molar-refractivity contribution >= 4 is 77.1 Å². The number of anilines is 2. The van der Waals surface area contributed by atoms with Crippen LogP contribution in [0.5, 0.6) is 0 Å². The van der Waals surface area contributed by atoms with Gasteiger partial charge in [0.2, 0.25) is 0 Å². The van der Waals surface area contributed by atoms with Gasteiger partial charge in [-0.05, 0) is 48.5 Å². The van der Waals surface area contributed by atoms with Crippen molar-refractivity contribution in [3.05, 3.63) is 48.5 Å². The molecule has 0 unspecified atom stereocenters. The third-order valence-corrected chi connectivity index (χ3v) is 4.04. The molecule has 8 nitrogen and oxygen atoms in total. The first-order valence-electron chi connectivity index (χ1n) is 5.63. The van der Waals surface area contributed by atoms with Crippen LogP contribution in [0, 0.1) is 0 Å². The van der Waals surface area contributed by atoms with Crippen molar-refractivity contribution in [1.82, 2.24) is 0 Å². The molecule has 11 heteroatoms. The molecule has 4 N–H and O–H groups in total. The monoisotopic (exact) mass is 432 g/mol. The second-order valence-corrected chi connectivity index (χ2v) is 6.81. The normalized spacial score (nSPS) is 10.9. The van der Waals surface area contributed by atoms with E-state index in [1.807, 2.05) is 0 Å². The van der Waals surface area contributed by atoms with Crippen LogP contribution in [-0.4, -0.2) is 71.4 Å². The van der Waals surface area contributed by atoms with E-state index in [9.17, 15) is 25.9 Å². The van der Waals surface area contributed by atoms with Gasteiger partial charge in [0.05, 0.1) is 9.79 Å². The van der Waals surface area contributed by atoms with Crippen LogP contribution < -0.4 is 11.5 Å². The number of nitrogens with two attached hydrogens (primary N) is 2. The minimum atomic E-state index is -4.33. The molecule has 0 fully saturated rings. The minimum Gasteiger partial charge on any atom is -0.744 e. The summed E-state index contributed by atoms with van der Waals surface area (Å²) in [4.78, 5) is -0.515. The van der Waals surface area contributed by atoms with E-state index in [4.69, 9.17) is 11.5 Å². The molecule has 0 aromatic heterocycles. The molecular formula is C12H12N2O6S2Sr. The van der Waals surface area contributed by atoms with E-state index in [1.54, 1.807) is 0 Å². The maximum absolute atomic E-state index is 10.3. The quantitative estimate of drug-likeness (QED) is 0.379. The van der Waals surface area contributed by atoms with Crippen LogP contribution in [0.3, 0.4) is 0 Å². The molecule has 2 aromatic carbocycles. The number of benzene rings is 2. The van der Waals surface area contributed by atoms with E-state index in [2.05, 4.69) is 0 Å². The molecule has 0 bridgehead atoms. The third kappa shape index (κ3) is 8.13. The standard InChI is InChI=1S/2C6H7NO3S.Sr/c2*7-5-1-3-6(4-2-5)11(8,9)10;/h2*1-4H,7H2,(H,8,9,10);/q;;+2/p-2. The van der Waals surface area contributed by atoms with E-state index in [0.29, 0.717) is 11.4 Å². The number of rotatable bonds is 2. The summed E-state index contributed by atoms with van der Waals surface area (Å²) in [6, 6.07) is 10.2. The van der Waals surface area contributed by atoms with Crippen molar-refractivity contribution in [2.75, 3.05) is 11.5 Å². The third-order valence-electron chi connectivity index (χ3n) is 2.34. The average Bonchev–Trinajstić information content (AvgIpc) is 2.38. The Bertz CT molecular complexity index is 761. The van der Waals surface area contributed by atoms with Gasteiger partial charge in [0.25, 0.3) is 0 Å². The zero-order chi connectivity index (χ0) is 17.0. The van der Waals surface area contributed by atoms with Gasteiger partial charge in [-0.25, -0.2) is 16.8 Å². The molecule has 0 saturated carbocycles. The van der Waals surface area contributed by atoms with Crippen molar-refractivity contribution < 1.29 is 25.9 Å². The largest absolute Gasteiger partial charge is 2.00 e. The summed E-state index contributed by atoms with van der Waals surface area (Å²) in [5.41, 5.74) is 11.4. The molecule has 23 heavy (non-hydrogen) atoms. The van der Waals surface area contributed by atoms with Gasteiger partial charge in [-0.2, -0.15) is 0 Å². The van der Waals surface area contributed by atoms with Gasteiger partial charge in [0.15, 0.2) is 0 Å². The van der Waals surface area contributed by atoms with E-state index in [-0.39, 0.29) is 55.3 Å². The fourth-order valence-corrected chi connectivity index (χ4v) is 2.21. The molecule has 0 aliphatic heterocycles. The van der Waals surface area contributed by atoms with Crippen molar-refractivity contribution in [2.45, 2.75) is 9.79 Å². The number of hydrogen-bond acceptors (Lipinski definition) is 8. The Morgan fingerprint density at radius 3 is 1.00 bits per heavy atom. The van der Waals surface area contributed by atoms with Crippen molar-refractivity contribution in [3.63, 3.8) is 0 Å². The second kappa shape index (κ2) is 8.99. The maximum Gasteiger partial charge on any atom is 2.00 e. The van der Waals surface area contributed by atoms with E-state index >= 15 is 0 Å². The average molecular weight is 432 g/mol. The molecule has 0 amide bonds. The van der Waals surface area contributed by atoms with Gasteiger partial charge in [-0.1, -0.05) is 0 Å². The molecular weight excluding hydrogens is 420 g/mol. The summed E-state index contributed by atoms with van der Waals surface area (Å²) in [5.74, 6) is 0. The van der Waals surface area contributed by atoms with Gasteiger partial charge in [0, 0.05) is 11.4 Å². The van der Waals surface area contributed by atoms with Crippen LogP contribution in [-0.2, 0) is 20.2 Å². The van der Waals surface area contributed by atoms with Crippen molar-refractivity contribution in [2.24, 2.45) is 0 Å². The summed E-state index contributed by atoms with van der Waals surface area (Å²) in [6.07, 6.45) is 0. The summed E-state index contributed by atoms with van der Waals surface area (Å²) in [7, 11) is -8.65. The molecule has 0 aliphatic rings. The van der Waals surface area contributed by atoms with Gasteiger partial charge in [0.1, 0.15) is 20.2 Å². The van der Waals surface area contributed by atoms with Gasteiger partial charge < -0.3 is 20.6 Å². The molecule has 0 heterocycles. The SMILES string of the molecule is Nc1ccc(S(=O)(=O)[O-])cc1.Nc1ccc(S(=O)(=O)[O-])cc1.[Sr+2]. The van der Waals surface area contributed by atoms with E-state index in [0.717, 1.165) is 0 Å². The van der Waals surface area contributed by atoms with Crippen LogP contribution in [0.1, 0.15) is 0 Å².